The average molecular weight is 184 g/mol. The normalized spacial score (nSPS) is 30.0. The summed E-state index contributed by atoms with van der Waals surface area (Å²) in [6.45, 7) is 11.2. The third-order valence-corrected chi connectivity index (χ3v) is 2.97. The molecule has 0 aromatic carbocycles. The Morgan fingerprint density at radius 2 is 1.46 bits per heavy atom. The Kier molecular flexibility index (Phi) is 2.50. The highest BCUT2D eigenvalue weighted by Gasteiger charge is 2.43. The van der Waals surface area contributed by atoms with Gasteiger partial charge in [-0.1, -0.05) is 6.92 Å². The summed E-state index contributed by atoms with van der Waals surface area (Å²) in [5.41, 5.74) is 6.74. The smallest absolute Gasteiger partial charge is 0.0186 e. The van der Waals surface area contributed by atoms with Crippen molar-refractivity contribution in [2.24, 2.45) is 5.73 Å². The molecule has 78 valence electrons. The summed E-state index contributed by atoms with van der Waals surface area (Å²) in [7, 11) is 0. The summed E-state index contributed by atoms with van der Waals surface area (Å²) in [5, 5.41) is 3.64. The zero-order chi connectivity index (χ0) is 10.3. The third kappa shape index (κ3) is 2.68. The Morgan fingerprint density at radius 1 is 1.08 bits per heavy atom. The fraction of sp³-hybridized carbons (Fsp3) is 1.00. The number of nitrogens with two attached hydrogens (primary N) is 1. The predicted molar refractivity (Wildman–Crippen MR) is 57.7 cm³/mol. The maximum atomic E-state index is 6.37. The van der Waals surface area contributed by atoms with E-state index in [1.165, 1.54) is 0 Å². The van der Waals surface area contributed by atoms with Gasteiger partial charge in [-0.3, -0.25) is 0 Å². The van der Waals surface area contributed by atoms with Gasteiger partial charge in [-0.15, -0.1) is 0 Å². The summed E-state index contributed by atoms with van der Waals surface area (Å²) < 4.78 is 0. The van der Waals surface area contributed by atoms with Crippen molar-refractivity contribution in [1.82, 2.24) is 5.32 Å². The van der Waals surface area contributed by atoms with E-state index in [1.807, 2.05) is 0 Å². The molecule has 1 aliphatic heterocycles. The minimum absolute atomic E-state index is 0.0260. The summed E-state index contributed by atoms with van der Waals surface area (Å²) >= 11 is 0. The van der Waals surface area contributed by atoms with Gasteiger partial charge in [0.05, 0.1) is 0 Å². The van der Waals surface area contributed by atoms with Gasteiger partial charge in [0.25, 0.3) is 0 Å². The quantitative estimate of drug-likeness (QED) is 0.654. The Hall–Kier alpha value is -0.0800. The summed E-state index contributed by atoms with van der Waals surface area (Å²) in [4.78, 5) is 0. The van der Waals surface area contributed by atoms with Crippen LogP contribution in [-0.4, -0.2) is 16.6 Å². The van der Waals surface area contributed by atoms with E-state index < -0.39 is 0 Å². The van der Waals surface area contributed by atoms with Crippen LogP contribution < -0.4 is 11.1 Å². The van der Waals surface area contributed by atoms with Crippen molar-refractivity contribution in [3.63, 3.8) is 0 Å². The molecule has 0 radical (unpaired) electrons. The molecule has 1 fully saturated rings. The summed E-state index contributed by atoms with van der Waals surface area (Å²) in [6.07, 6.45) is 3.21. The lowest BCUT2D eigenvalue weighted by Gasteiger charge is -2.51. The van der Waals surface area contributed by atoms with Crippen molar-refractivity contribution in [2.75, 3.05) is 0 Å². The second-order valence-electron chi connectivity index (χ2n) is 5.96. The van der Waals surface area contributed by atoms with E-state index in [0.717, 1.165) is 19.3 Å². The molecule has 0 bridgehead atoms. The van der Waals surface area contributed by atoms with Gasteiger partial charge in [-0.25, -0.2) is 0 Å². The molecule has 1 heterocycles. The first-order valence-corrected chi connectivity index (χ1v) is 5.26. The Labute approximate surface area is 82.3 Å². The molecule has 1 aliphatic rings. The highest BCUT2D eigenvalue weighted by Crippen LogP contribution is 2.35. The SMILES string of the molecule is CCC1(N)CC(C)(C)NC(C)(C)C1. The first kappa shape index (κ1) is 11.0. The van der Waals surface area contributed by atoms with Crippen LogP contribution in [0.5, 0.6) is 0 Å². The Morgan fingerprint density at radius 3 is 1.77 bits per heavy atom. The first-order valence-electron chi connectivity index (χ1n) is 5.26. The zero-order valence-corrected chi connectivity index (χ0v) is 9.70. The Balaban J connectivity index is 2.84. The van der Waals surface area contributed by atoms with Crippen LogP contribution in [0, 0.1) is 0 Å². The van der Waals surface area contributed by atoms with Gasteiger partial charge in [-0.2, -0.15) is 0 Å². The fourth-order valence-electron chi connectivity index (χ4n) is 3.08. The topological polar surface area (TPSA) is 38.0 Å². The molecule has 1 saturated heterocycles. The van der Waals surface area contributed by atoms with Crippen LogP contribution in [0.2, 0.25) is 0 Å². The van der Waals surface area contributed by atoms with E-state index in [1.54, 1.807) is 0 Å². The second-order valence-corrected chi connectivity index (χ2v) is 5.96. The molecule has 0 spiro atoms. The van der Waals surface area contributed by atoms with Crippen molar-refractivity contribution in [3.05, 3.63) is 0 Å². The molecule has 3 N–H and O–H groups in total. The van der Waals surface area contributed by atoms with Crippen LogP contribution in [0.1, 0.15) is 53.9 Å². The van der Waals surface area contributed by atoms with Crippen molar-refractivity contribution in [3.8, 4) is 0 Å². The van der Waals surface area contributed by atoms with Gasteiger partial charge >= 0.3 is 0 Å². The summed E-state index contributed by atoms with van der Waals surface area (Å²) in [6, 6.07) is 0. The van der Waals surface area contributed by atoms with Crippen molar-refractivity contribution in [1.29, 1.82) is 0 Å². The minimum atomic E-state index is 0.0260. The largest absolute Gasteiger partial charge is 0.325 e. The lowest BCUT2D eigenvalue weighted by Crippen LogP contribution is -2.66. The van der Waals surface area contributed by atoms with E-state index in [4.69, 9.17) is 5.73 Å². The maximum Gasteiger partial charge on any atom is 0.0186 e. The molecular formula is C11H24N2. The number of rotatable bonds is 1. The zero-order valence-electron chi connectivity index (χ0n) is 9.70. The third-order valence-electron chi connectivity index (χ3n) is 2.97. The van der Waals surface area contributed by atoms with Crippen LogP contribution in [0.25, 0.3) is 0 Å². The van der Waals surface area contributed by atoms with Crippen molar-refractivity contribution in [2.45, 2.75) is 70.5 Å². The van der Waals surface area contributed by atoms with Gasteiger partial charge in [0.1, 0.15) is 0 Å². The van der Waals surface area contributed by atoms with E-state index in [2.05, 4.69) is 39.9 Å². The Bertz CT molecular complexity index is 178. The van der Waals surface area contributed by atoms with Crippen LogP contribution >= 0.6 is 0 Å². The van der Waals surface area contributed by atoms with Crippen molar-refractivity contribution < 1.29 is 0 Å². The van der Waals surface area contributed by atoms with Crippen LogP contribution in [0.3, 0.4) is 0 Å². The van der Waals surface area contributed by atoms with Gasteiger partial charge in [0.2, 0.25) is 0 Å². The summed E-state index contributed by atoms with van der Waals surface area (Å²) in [5.74, 6) is 0. The number of hydrogen-bond acceptors (Lipinski definition) is 2. The van der Waals surface area contributed by atoms with Crippen LogP contribution in [-0.2, 0) is 0 Å². The van der Waals surface area contributed by atoms with Crippen LogP contribution in [0.15, 0.2) is 0 Å². The lowest BCUT2D eigenvalue weighted by molar-refractivity contribution is 0.103. The molecule has 0 aromatic rings. The molecular weight excluding hydrogens is 160 g/mol. The van der Waals surface area contributed by atoms with Crippen molar-refractivity contribution >= 4 is 0 Å². The van der Waals surface area contributed by atoms with E-state index in [0.29, 0.717) is 0 Å². The molecule has 13 heavy (non-hydrogen) atoms. The number of piperidine rings is 1. The second kappa shape index (κ2) is 2.96. The molecule has 0 amide bonds. The highest BCUT2D eigenvalue weighted by molar-refractivity contribution is 5.05. The molecule has 0 aromatic heterocycles. The van der Waals surface area contributed by atoms with Gasteiger partial charge in [0.15, 0.2) is 0 Å². The van der Waals surface area contributed by atoms with Gasteiger partial charge < -0.3 is 11.1 Å². The molecule has 1 rings (SSSR count). The van der Waals surface area contributed by atoms with E-state index >= 15 is 0 Å². The number of hydrogen-bond donors (Lipinski definition) is 2. The molecule has 0 saturated carbocycles. The molecule has 0 aliphatic carbocycles. The maximum absolute atomic E-state index is 6.37. The van der Waals surface area contributed by atoms with E-state index in [9.17, 15) is 0 Å². The monoisotopic (exact) mass is 184 g/mol. The molecule has 0 atom stereocenters. The fourth-order valence-corrected chi connectivity index (χ4v) is 3.08. The lowest BCUT2D eigenvalue weighted by atomic mass is 9.70. The standard InChI is InChI=1S/C11H24N2/c1-6-11(12)7-9(2,3)13-10(4,5)8-11/h13H,6-8,12H2,1-5H3. The molecule has 2 nitrogen and oxygen atoms in total. The molecule has 0 unspecified atom stereocenters. The predicted octanol–water partition coefficient (Wildman–Crippen LogP) is 2.03. The minimum Gasteiger partial charge on any atom is -0.325 e. The van der Waals surface area contributed by atoms with Crippen LogP contribution in [0.4, 0.5) is 0 Å². The number of nitrogens with one attached hydrogen (secondary N) is 1. The van der Waals surface area contributed by atoms with E-state index in [-0.39, 0.29) is 16.6 Å². The molecule has 2 heteroatoms. The van der Waals surface area contributed by atoms with Gasteiger partial charge in [0, 0.05) is 16.6 Å². The highest BCUT2D eigenvalue weighted by atomic mass is 15.1. The average Bonchev–Trinajstić information content (AvgIpc) is 1.79. The van der Waals surface area contributed by atoms with Gasteiger partial charge in [-0.05, 0) is 47.0 Å². The first-order chi connectivity index (χ1) is 5.68.